The average Bonchev–Trinajstić information content (AvgIpc) is 2.00. The Morgan fingerprint density at radius 3 is 2.92 bits per heavy atom. The Morgan fingerprint density at radius 1 is 1.50 bits per heavy atom. The topological polar surface area (TPSA) is 42.1 Å². The molecule has 0 aromatic carbocycles. The van der Waals surface area contributed by atoms with Gasteiger partial charge in [0, 0.05) is 30.2 Å². The normalized spacial score (nSPS) is 17.3. The minimum Gasteiger partial charge on any atom is -0.398 e. The van der Waals surface area contributed by atoms with Gasteiger partial charge in [-0.05, 0) is 25.6 Å². The van der Waals surface area contributed by atoms with Crippen LogP contribution >= 0.6 is 0 Å². The first-order chi connectivity index (χ1) is 5.86. The van der Waals surface area contributed by atoms with Gasteiger partial charge in [-0.2, -0.15) is 0 Å². The lowest BCUT2D eigenvalue weighted by atomic mass is 10.1. The van der Waals surface area contributed by atoms with Gasteiger partial charge in [-0.3, -0.25) is 9.88 Å². The summed E-state index contributed by atoms with van der Waals surface area (Å²) in [5.41, 5.74) is 7.79. The summed E-state index contributed by atoms with van der Waals surface area (Å²) >= 11 is 0. The van der Waals surface area contributed by atoms with Crippen LogP contribution in [0.1, 0.15) is 12.0 Å². The molecule has 1 aromatic heterocycles. The number of nitrogens with zero attached hydrogens (tertiary/aromatic N) is 2. The predicted octanol–water partition coefficient (Wildman–Crippen LogP) is 0.869. The van der Waals surface area contributed by atoms with E-state index in [0.717, 1.165) is 17.8 Å². The maximum absolute atomic E-state index is 5.78. The third kappa shape index (κ3) is 1.41. The molecule has 1 aromatic rings. The highest BCUT2D eigenvalue weighted by atomic mass is 15.2. The van der Waals surface area contributed by atoms with E-state index in [-0.39, 0.29) is 0 Å². The van der Waals surface area contributed by atoms with Crippen LogP contribution in [0.5, 0.6) is 0 Å². The molecule has 0 saturated carbocycles. The molecule has 1 aliphatic rings. The van der Waals surface area contributed by atoms with Crippen LogP contribution in [-0.4, -0.2) is 23.0 Å². The quantitative estimate of drug-likeness (QED) is 0.703. The Balaban J connectivity index is 2.06. The van der Waals surface area contributed by atoms with Crippen molar-refractivity contribution < 1.29 is 0 Å². The smallest absolute Gasteiger partial charge is 0.0390 e. The van der Waals surface area contributed by atoms with Crippen molar-refractivity contribution in [1.29, 1.82) is 0 Å². The first-order valence-electron chi connectivity index (χ1n) is 4.27. The Morgan fingerprint density at radius 2 is 2.33 bits per heavy atom. The van der Waals surface area contributed by atoms with E-state index >= 15 is 0 Å². The Labute approximate surface area is 72.2 Å². The minimum absolute atomic E-state index is 0.858. The number of hydrogen-bond donors (Lipinski definition) is 1. The fourth-order valence-electron chi connectivity index (χ4n) is 1.35. The Kier molecular flexibility index (Phi) is 1.96. The summed E-state index contributed by atoms with van der Waals surface area (Å²) < 4.78 is 0. The van der Waals surface area contributed by atoms with E-state index in [1.54, 1.807) is 6.20 Å². The number of aromatic nitrogens is 1. The number of anilines is 1. The molecule has 64 valence electrons. The highest BCUT2D eigenvalue weighted by Crippen LogP contribution is 2.15. The summed E-state index contributed by atoms with van der Waals surface area (Å²) in [6, 6.07) is 1.86. The first-order valence-corrected chi connectivity index (χ1v) is 4.27. The van der Waals surface area contributed by atoms with Gasteiger partial charge in [-0.25, -0.2) is 0 Å². The molecule has 0 bridgehead atoms. The van der Waals surface area contributed by atoms with E-state index in [0.29, 0.717) is 0 Å². The third-order valence-corrected chi connectivity index (χ3v) is 2.28. The molecule has 0 aliphatic carbocycles. The largest absolute Gasteiger partial charge is 0.398 e. The van der Waals surface area contributed by atoms with Crippen molar-refractivity contribution in [3.63, 3.8) is 0 Å². The van der Waals surface area contributed by atoms with E-state index in [2.05, 4.69) is 9.88 Å². The molecular weight excluding hydrogens is 150 g/mol. The van der Waals surface area contributed by atoms with Crippen molar-refractivity contribution in [2.45, 2.75) is 13.0 Å². The number of nitrogens with two attached hydrogens (primary N) is 1. The minimum atomic E-state index is 0.858. The lowest BCUT2D eigenvalue weighted by Crippen LogP contribution is -2.36. The molecule has 0 unspecified atom stereocenters. The van der Waals surface area contributed by atoms with Crippen molar-refractivity contribution in [2.24, 2.45) is 0 Å². The summed E-state index contributed by atoms with van der Waals surface area (Å²) in [5, 5.41) is 0. The van der Waals surface area contributed by atoms with Crippen molar-refractivity contribution >= 4 is 5.69 Å². The van der Waals surface area contributed by atoms with E-state index in [1.807, 2.05) is 12.3 Å². The number of likely N-dealkylation sites (tertiary alicyclic amines) is 1. The van der Waals surface area contributed by atoms with Crippen molar-refractivity contribution in [3.8, 4) is 0 Å². The molecule has 0 radical (unpaired) electrons. The second kappa shape index (κ2) is 3.11. The second-order valence-electron chi connectivity index (χ2n) is 3.20. The molecular formula is C9H13N3. The molecule has 0 spiro atoms. The molecule has 2 N–H and O–H groups in total. The first kappa shape index (κ1) is 7.55. The van der Waals surface area contributed by atoms with E-state index < -0.39 is 0 Å². The van der Waals surface area contributed by atoms with Gasteiger partial charge in [0.2, 0.25) is 0 Å². The van der Waals surface area contributed by atoms with Crippen molar-refractivity contribution in [3.05, 3.63) is 24.0 Å². The highest BCUT2D eigenvalue weighted by molar-refractivity contribution is 5.44. The van der Waals surface area contributed by atoms with Gasteiger partial charge in [-0.15, -0.1) is 0 Å². The van der Waals surface area contributed by atoms with Crippen LogP contribution in [0.3, 0.4) is 0 Å². The molecule has 3 nitrogen and oxygen atoms in total. The number of pyridine rings is 1. The lowest BCUT2D eigenvalue weighted by molar-refractivity contribution is 0.173. The van der Waals surface area contributed by atoms with Gasteiger partial charge < -0.3 is 5.73 Å². The van der Waals surface area contributed by atoms with Crippen LogP contribution in [0.2, 0.25) is 0 Å². The molecule has 0 amide bonds. The van der Waals surface area contributed by atoms with Gasteiger partial charge in [0.05, 0.1) is 0 Å². The maximum atomic E-state index is 5.78. The van der Waals surface area contributed by atoms with Gasteiger partial charge in [0.25, 0.3) is 0 Å². The van der Waals surface area contributed by atoms with Crippen LogP contribution < -0.4 is 5.73 Å². The van der Waals surface area contributed by atoms with Gasteiger partial charge in [0.1, 0.15) is 0 Å². The standard InChI is InChI=1S/C9H13N3/c10-9-2-3-11-6-8(9)7-12-4-1-5-12/h2-3,6H,1,4-5,7H2,(H2,10,11). The van der Waals surface area contributed by atoms with Gasteiger partial charge in [-0.1, -0.05) is 0 Å². The van der Waals surface area contributed by atoms with E-state index in [9.17, 15) is 0 Å². The summed E-state index contributed by atoms with van der Waals surface area (Å²) in [7, 11) is 0. The molecule has 2 rings (SSSR count). The van der Waals surface area contributed by atoms with Crippen LogP contribution in [0.15, 0.2) is 18.5 Å². The second-order valence-corrected chi connectivity index (χ2v) is 3.20. The monoisotopic (exact) mass is 163 g/mol. The molecule has 1 aliphatic heterocycles. The maximum Gasteiger partial charge on any atom is 0.0390 e. The SMILES string of the molecule is Nc1ccncc1CN1CCC1. The molecule has 0 atom stereocenters. The van der Waals surface area contributed by atoms with Crippen molar-refractivity contribution in [2.75, 3.05) is 18.8 Å². The number of hydrogen-bond acceptors (Lipinski definition) is 3. The van der Waals surface area contributed by atoms with Gasteiger partial charge >= 0.3 is 0 Å². The Bertz CT molecular complexity index is 268. The predicted molar refractivity (Wildman–Crippen MR) is 48.5 cm³/mol. The number of rotatable bonds is 2. The Hall–Kier alpha value is -1.09. The molecule has 12 heavy (non-hydrogen) atoms. The number of nitrogen functional groups attached to an aromatic ring is 1. The van der Waals surface area contributed by atoms with Gasteiger partial charge in [0.15, 0.2) is 0 Å². The molecule has 2 heterocycles. The fourth-order valence-corrected chi connectivity index (χ4v) is 1.35. The van der Waals surface area contributed by atoms with Crippen LogP contribution in [-0.2, 0) is 6.54 Å². The molecule has 1 fully saturated rings. The lowest BCUT2D eigenvalue weighted by Gasteiger charge is -2.30. The van der Waals surface area contributed by atoms with Crippen molar-refractivity contribution in [1.82, 2.24) is 9.88 Å². The summed E-state index contributed by atoms with van der Waals surface area (Å²) in [5.74, 6) is 0. The molecule has 3 heteroatoms. The zero-order chi connectivity index (χ0) is 8.39. The fraction of sp³-hybridized carbons (Fsp3) is 0.444. The van der Waals surface area contributed by atoms with Crippen LogP contribution in [0.4, 0.5) is 5.69 Å². The van der Waals surface area contributed by atoms with E-state index in [4.69, 9.17) is 5.73 Å². The van der Waals surface area contributed by atoms with Crippen LogP contribution in [0.25, 0.3) is 0 Å². The summed E-state index contributed by atoms with van der Waals surface area (Å²) in [6.07, 6.45) is 4.91. The zero-order valence-corrected chi connectivity index (χ0v) is 7.03. The average molecular weight is 163 g/mol. The zero-order valence-electron chi connectivity index (χ0n) is 7.03. The van der Waals surface area contributed by atoms with E-state index in [1.165, 1.54) is 19.5 Å². The van der Waals surface area contributed by atoms with Crippen LogP contribution in [0, 0.1) is 0 Å². The highest BCUT2D eigenvalue weighted by Gasteiger charge is 2.14. The summed E-state index contributed by atoms with van der Waals surface area (Å²) in [6.45, 7) is 3.36. The molecule has 1 saturated heterocycles. The summed E-state index contributed by atoms with van der Waals surface area (Å²) in [4.78, 5) is 6.42. The third-order valence-electron chi connectivity index (χ3n) is 2.28.